The summed E-state index contributed by atoms with van der Waals surface area (Å²) in [5, 5.41) is 0. The summed E-state index contributed by atoms with van der Waals surface area (Å²) in [7, 11) is 0. The van der Waals surface area contributed by atoms with Crippen molar-refractivity contribution in [2.45, 2.75) is 41.5 Å². The first-order chi connectivity index (χ1) is 7.44. The van der Waals surface area contributed by atoms with Crippen LogP contribution in [0.2, 0.25) is 0 Å². The molecule has 0 bridgehead atoms. The van der Waals surface area contributed by atoms with Crippen molar-refractivity contribution in [2.75, 3.05) is 0 Å². The van der Waals surface area contributed by atoms with Crippen molar-refractivity contribution in [2.24, 2.45) is 10.8 Å². The molecule has 0 aliphatic rings. The Bertz CT molecular complexity index is 337. The van der Waals surface area contributed by atoms with Crippen LogP contribution < -0.4 is 0 Å². The number of carbonyl (C=O) groups excluding carboxylic acids is 2. The van der Waals surface area contributed by atoms with Crippen LogP contribution in [0.3, 0.4) is 0 Å². The van der Waals surface area contributed by atoms with E-state index in [4.69, 9.17) is 4.74 Å². The lowest BCUT2D eigenvalue weighted by Gasteiger charge is -2.26. The molecule has 3 nitrogen and oxygen atoms in total. The summed E-state index contributed by atoms with van der Waals surface area (Å²) in [6, 6.07) is 0. The van der Waals surface area contributed by atoms with E-state index >= 15 is 0 Å². The van der Waals surface area contributed by atoms with Gasteiger partial charge in [0.2, 0.25) is 0 Å². The lowest BCUT2D eigenvalue weighted by molar-refractivity contribution is -0.169. The minimum atomic E-state index is -0.860. The summed E-state index contributed by atoms with van der Waals surface area (Å²) in [5.74, 6) is -1.16. The van der Waals surface area contributed by atoms with Gasteiger partial charge >= 0.3 is 11.9 Å². The molecule has 0 aromatic carbocycles. The van der Waals surface area contributed by atoms with Crippen LogP contribution in [-0.4, -0.2) is 11.9 Å². The first-order valence-corrected chi connectivity index (χ1v) is 5.52. The predicted molar refractivity (Wildman–Crippen MR) is 68.3 cm³/mol. The number of esters is 2. The Balaban J connectivity index is 4.90. The summed E-state index contributed by atoms with van der Waals surface area (Å²) in [4.78, 5) is 23.7. The molecule has 0 aliphatic carbocycles. The molecule has 0 aromatic heterocycles. The molecule has 0 rings (SSSR count). The minimum Gasteiger partial charge on any atom is -0.392 e. The molecule has 0 spiro atoms. The van der Waals surface area contributed by atoms with Gasteiger partial charge in [-0.05, 0) is 41.5 Å². The van der Waals surface area contributed by atoms with Gasteiger partial charge in [0.15, 0.2) is 0 Å². The molecule has 0 radical (unpaired) electrons. The van der Waals surface area contributed by atoms with Gasteiger partial charge in [-0.15, -0.1) is 0 Å². The van der Waals surface area contributed by atoms with E-state index in [0.717, 1.165) is 0 Å². The summed E-state index contributed by atoms with van der Waals surface area (Å²) in [6.07, 6.45) is 0. The topological polar surface area (TPSA) is 43.4 Å². The molecule has 0 N–H and O–H groups in total. The number of ether oxygens (including phenoxy) is 1. The smallest absolute Gasteiger partial charge is 0.323 e. The van der Waals surface area contributed by atoms with Crippen molar-refractivity contribution in [3.05, 3.63) is 24.3 Å². The van der Waals surface area contributed by atoms with Gasteiger partial charge in [-0.3, -0.25) is 9.59 Å². The van der Waals surface area contributed by atoms with E-state index in [0.29, 0.717) is 11.1 Å². The number of carbonyl (C=O) groups is 2. The maximum Gasteiger partial charge on any atom is 0.323 e. The van der Waals surface area contributed by atoms with E-state index in [-0.39, 0.29) is 0 Å². The Morgan fingerprint density at radius 2 is 1.06 bits per heavy atom. The summed E-state index contributed by atoms with van der Waals surface area (Å²) in [6.45, 7) is 17.6. The van der Waals surface area contributed by atoms with Gasteiger partial charge in [0, 0.05) is 0 Å². The molecule has 0 amide bonds. The first kappa shape index (κ1) is 15.6. The fourth-order valence-corrected chi connectivity index (χ4v) is 0.688. The van der Waals surface area contributed by atoms with Crippen LogP contribution in [0.15, 0.2) is 24.3 Å². The molecular formula is C14H22O3. The zero-order valence-electron chi connectivity index (χ0n) is 11.6. The Labute approximate surface area is 104 Å². The highest BCUT2D eigenvalue weighted by atomic mass is 16.6. The van der Waals surface area contributed by atoms with Gasteiger partial charge in [-0.1, -0.05) is 24.3 Å². The Kier molecular flexibility index (Phi) is 4.47. The second-order valence-electron chi connectivity index (χ2n) is 5.49. The van der Waals surface area contributed by atoms with Crippen LogP contribution in [0.25, 0.3) is 0 Å². The van der Waals surface area contributed by atoms with Crippen molar-refractivity contribution in [3.63, 3.8) is 0 Å². The quantitative estimate of drug-likeness (QED) is 0.429. The lowest BCUT2D eigenvalue weighted by atomic mass is 9.84. The van der Waals surface area contributed by atoms with Crippen LogP contribution in [0, 0.1) is 10.8 Å². The maximum atomic E-state index is 11.9. The zero-order chi connectivity index (χ0) is 14.0. The molecule has 0 aromatic rings. The van der Waals surface area contributed by atoms with E-state index < -0.39 is 22.8 Å². The van der Waals surface area contributed by atoms with Crippen LogP contribution in [0.1, 0.15) is 41.5 Å². The van der Waals surface area contributed by atoms with Crippen molar-refractivity contribution in [1.29, 1.82) is 0 Å². The Morgan fingerprint density at radius 1 is 0.824 bits per heavy atom. The average Bonchev–Trinajstić information content (AvgIpc) is 2.16. The highest BCUT2D eigenvalue weighted by Crippen LogP contribution is 2.30. The molecule has 0 fully saturated rings. The Hall–Kier alpha value is -1.38. The average molecular weight is 238 g/mol. The number of hydrogen-bond donors (Lipinski definition) is 0. The predicted octanol–water partition coefficient (Wildman–Crippen LogP) is 3.26. The molecular weight excluding hydrogens is 216 g/mol. The van der Waals surface area contributed by atoms with Crippen molar-refractivity contribution in [1.82, 2.24) is 0 Å². The lowest BCUT2D eigenvalue weighted by Crippen LogP contribution is -2.35. The summed E-state index contributed by atoms with van der Waals surface area (Å²) < 4.78 is 4.90. The molecule has 0 unspecified atom stereocenters. The number of hydrogen-bond acceptors (Lipinski definition) is 3. The summed E-state index contributed by atoms with van der Waals surface area (Å²) in [5.41, 5.74) is -0.409. The van der Waals surface area contributed by atoms with Crippen LogP contribution in [-0.2, 0) is 14.3 Å². The molecule has 0 saturated carbocycles. The van der Waals surface area contributed by atoms with Crippen molar-refractivity contribution in [3.8, 4) is 0 Å². The minimum absolute atomic E-state index is 0.579. The second kappa shape index (κ2) is 4.86. The number of rotatable bonds is 4. The Morgan fingerprint density at radius 3 is 1.24 bits per heavy atom. The highest BCUT2D eigenvalue weighted by molar-refractivity contribution is 5.93. The fraction of sp³-hybridized carbons (Fsp3) is 0.571. The molecule has 0 atom stereocenters. The van der Waals surface area contributed by atoms with Gasteiger partial charge in [0.25, 0.3) is 0 Å². The molecule has 3 heteroatoms. The third kappa shape index (κ3) is 3.29. The molecule has 0 saturated heterocycles. The van der Waals surface area contributed by atoms with E-state index in [1.807, 2.05) is 0 Å². The fourth-order valence-electron chi connectivity index (χ4n) is 0.688. The maximum absolute atomic E-state index is 11.9. The second-order valence-corrected chi connectivity index (χ2v) is 5.49. The molecule has 0 heterocycles. The largest absolute Gasteiger partial charge is 0.392 e. The SMILES string of the molecule is C=C(C)C(C)(C)C(=O)OC(=O)C(C)(C)C(=C)C. The van der Waals surface area contributed by atoms with E-state index in [1.54, 1.807) is 41.5 Å². The van der Waals surface area contributed by atoms with Crippen LogP contribution in [0.5, 0.6) is 0 Å². The van der Waals surface area contributed by atoms with E-state index in [9.17, 15) is 9.59 Å². The normalized spacial score (nSPS) is 11.9. The first-order valence-electron chi connectivity index (χ1n) is 5.52. The van der Waals surface area contributed by atoms with Gasteiger partial charge in [0.05, 0.1) is 10.8 Å². The van der Waals surface area contributed by atoms with Gasteiger partial charge in [0.1, 0.15) is 0 Å². The molecule has 0 aliphatic heterocycles. The molecule has 17 heavy (non-hydrogen) atoms. The van der Waals surface area contributed by atoms with Gasteiger partial charge < -0.3 is 4.74 Å². The van der Waals surface area contributed by atoms with Crippen LogP contribution >= 0.6 is 0 Å². The standard InChI is InChI=1S/C14H22O3/c1-9(2)13(5,6)11(15)17-12(16)14(7,8)10(3)4/h1,3H2,2,4-8H3. The van der Waals surface area contributed by atoms with Gasteiger partial charge in [-0.2, -0.15) is 0 Å². The summed E-state index contributed by atoms with van der Waals surface area (Å²) >= 11 is 0. The van der Waals surface area contributed by atoms with Crippen molar-refractivity contribution >= 4 is 11.9 Å². The third-order valence-corrected chi connectivity index (χ3v) is 3.34. The molecule has 96 valence electrons. The van der Waals surface area contributed by atoms with E-state index in [2.05, 4.69) is 13.2 Å². The van der Waals surface area contributed by atoms with Gasteiger partial charge in [-0.25, -0.2) is 0 Å². The van der Waals surface area contributed by atoms with Crippen LogP contribution in [0.4, 0.5) is 0 Å². The van der Waals surface area contributed by atoms with E-state index in [1.165, 1.54) is 0 Å². The zero-order valence-corrected chi connectivity index (χ0v) is 11.6. The third-order valence-electron chi connectivity index (χ3n) is 3.34. The highest BCUT2D eigenvalue weighted by Gasteiger charge is 2.37. The monoisotopic (exact) mass is 238 g/mol. The van der Waals surface area contributed by atoms with Crippen molar-refractivity contribution < 1.29 is 14.3 Å².